The molecule has 0 rings (SSSR count). The van der Waals surface area contributed by atoms with E-state index in [4.69, 9.17) is 5.11 Å². The van der Waals surface area contributed by atoms with Gasteiger partial charge < -0.3 is 9.84 Å². The molecule has 0 heterocycles. The van der Waals surface area contributed by atoms with Crippen molar-refractivity contribution < 1.29 is 19.4 Å². The summed E-state index contributed by atoms with van der Waals surface area (Å²) in [5, 5.41) is 8.50. The Kier molecular flexibility index (Phi) is 38.9. The highest BCUT2D eigenvalue weighted by Gasteiger charge is 1.99. The Bertz CT molecular complexity index is 581. The second kappa shape index (κ2) is 38.4. The summed E-state index contributed by atoms with van der Waals surface area (Å²) in [6.45, 7) is 4.51. The molecule has 41 heavy (non-hydrogen) atoms. The summed E-state index contributed by atoms with van der Waals surface area (Å²) in [5.74, 6) is -0.736. The predicted molar refractivity (Wildman–Crippen MR) is 179 cm³/mol. The number of esters is 1. The van der Waals surface area contributed by atoms with Crippen LogP contribution < -0.4 is 0 Å². The van der Waals surface area contributed by atoms with Gasteiger partial charge in [-0.3, -0.25) is 9.59 Å². The lowest BCUT2D eigenvalue weighted by Crippen LogP contribution is -1.99. The van der Waals surface area contributed by atoms with Gasteiger partial charge in [0.15, 0.2) is 0 Å². The zero-order valence-electron chi connectivity index (χ0n) is 27.8. The van der Waals surface area contributed by atoms with E-state index < -0.39 is 5.97 Å². The number of carboxylic acids is 1. The van der Waals surface area contributed by atoms with Gasteiger partial charge in [0.2, 0.25) is 0 Å². The minimum Gasteiger partial charge on any atom is -0.481 e. The van der Waals surface area contributed by atoms with Gasteiger partial charge >= 0.3 is 11.9 Å². The lowest BCUT2D eigenvalue weighted by molar-refractivity contribution is -0.141. The second-order valence-electron chi connectivity index (χ2n) is 11.7. The van der Waals surface area contributed by atoms with E-state index in [9.17, 15) is 9.59 Å². The normalized spacial score (nSPS) is 11.2. The van der Waals surface area contributed by atoms with Gasteiger partial charge in [0.05, 0.1) is 7.11 Å². The fourth-order valence-corrected chi connectivity index (χ4v) is 4.83. The van der Waals surface area contributed by atoms with Crippen molar-refractivity contribution in [2.75, 3.05) is 7.11 Å². The van der Waals surface area contributed by atoms with Gasteiger partial charge in [0, 0.05) is 12.8 Å². The zero-order chi connectivity index (χ0) is 30.5. The molecule has 0 aromatic heterocycles. The third kappa shape index (κ3) is 43.0. The van der Waals surface area contributed by atoms with Crippen LogP contribution in [0.1, 0.15) is 194 Å². The third-order valence-corrected chi connectivity index (χ3v) is 7.55. The van der Waals surface area contributed by atoms with Crippen LogP contribution in [0.5, 0.6) is 0 Å². The largest absolute Gasteiger partial charge is 0.481 e. The van der Waals surface area contributed by atoms with Gasteiger partial charge in [-0.2, -0.15) is 0 Å². The van der Waals surface area contributed by atoms with Crippen molar-refractivity contribution in [1.82, 2.24) is 0 Å². The first-order valence-corrected chi connectivity index (χ1v) is 17.7. The molecule has 0 saturated carbocycles. The Balaban J connectivity index is 0. The number of rotatable bonds is 30. The van der Waals surface area contributed by atoms with Crippen LogP contribution in [0.15, 0.2) is 24.3 Å². The molecule has 0 aromatic rings. The van der Waals surface area contributed by atoms with E-state index in [-0.39, 0.29) is 5.97 Å². The fraction of sp³-hybridized carbons (Fsp3) is 0.838. The minimum absolute atomic E-state index is 0.0651. The quantitative estimate of drug-likeness (QED) is 0.0523. The van der Waals surface area contributed by atoms with Crippen molar-refractivity contribution in [3.8, 4) is 0 Å². The molecule has 0 bridgehead atoms. The number of aliphatic carboxylic acids is 1. The Morgan fingerprint density at radius 3 is 1.24 bits per heavy atom. The third-order valence-electron chi connectivity index (χ3n) is 7.55. The van der Waals surface area contributed by atoms with Crippen molar-refractivity contribution in [1.29, 1.82) is 0 Å². The SMILES string of the molecule is CCCCC/C=C\C/C=C\CCCCCCCC(=O)O.CCCCCCCCCCCCCCCCCC(=O)OC. The summed E-state index contributed by atoms with van der Waals surface area (Å²) in [7, 11) is 1.47. The maximum atomic E-state index is 10.9. The standard InChI is InChI=1S/C19H38O2.C18H32O2/c1-3-4-5-6-7-8-9-10-11-12-13-14-15-16-17-18-19(20)21-2;1-2-3-4-5-6-7-8-9-10-11-12-13-14-15-16-17-18(19)20/h3-18H2,1-2H3;6-7,9-10H,2-5,8,11-17H2,1H3,(H,19,20)/b;7-6-,10-9-. The fourth-order valence-electron chi connectivity index (χ4n) is 4.83. The van der Waals surface area contributed by atoms with Crippen molar-refractivity contribution >= 4 is 11.9 Å². The first kappa shape index (κ1) is 41.6. The second-order valence-corrected chi connectivity index (χ2v) is 11.7. The number of hydrogen-bond acceptors (Lipinski definition) is 3. The molecule has 0 aliphatic heterocycles. The molecule has 0 atom stereocenters. The molecule has 4 nitrogen and oxygen atoms in total. The highest BCUT2D eigenvalue weighted by Crippen LogP contribution is 2.14. The number of methoxy groups -OCH3 is 1. The van der Waals surface area contributed by atoms with Crippen LogP contribution >= 0.6 is 0 Å². The molecule has 0 spiro atoms. The molecule has 0 unspecified atom stereocenters. The van der Waals surface area contributed by atoms with Crippen LogP contribution in [0.4, 0.5) is 0 Å². The summed E-state index contributed by atoms with van der Waals surface area (Å²) in [6, 6.07) is 0. The minimum atomic E-state index is -0.671. The van der Waals surface area contributed by atoms with Gasteiger partial charge in [-0.25, -0.2) is 0 Å². The topological polar surface area (TPSA) is 63.6 Å². The molecule has 0 aliphatic rings. The predicted octanol–water partition coefficient (Wildman–Crippen LogP) is 12.3. The lowest BCUT2D eigenvalue weighted by atomic mass is 10.0. The highest BCUT2D eigenvalue weighted by atomic mass is 16.5. The summed E-state index contributed by atoms with van der Waals surface area (Å²) in [5.41, 5.74) is 0. The van der Waals surface area contributed by atoms with E-state index in [1.54, 1.807) is 0 Å². The van der Waals surface area contributed by atoms with E-state index in [2.05, 4.69) is 42.9 Å². The van der Waals surface area contributed by atoms with Crippen LogP contribution in [0.3, 0.4) is 0 Å². The van der Waals surface area contributed by atoms with Gasteiger partial charge in [0.25, 0.3) is 0 Å². The molecule has 0 aliphatic carbocycles. The molecule has 0 fully saturated rings. The molecule has 0 aromatic carbocycles. The number of carbonyl (C=O) groups is 2. The average Bonchev–Trinajstić information content (AvgIpc) is 2.97. The maximum Gasteiger partial charge on any atom is 0.305 e. The smallest absolute Gasteiger partial charge is 0.305 e. The number of carbonyl (C=O) groups excluding carboxylic acids is 1. The first-order chi connectivity index (χ1) is 20.1. The van der Waals surface area contributed by atoms with Crippen LogP contribution in [0, 0.1) is 0 Å². The monoisotopic (exact) mass is 579 g/mol. The van der Waals surface area contributed by atoms with Crippen LogP contribution in [-0.2, 0) is 14.3 Å². The van der Waals surface area contributed by atoms with E-state index in [1.165, 1.54) is 142 Å². The number of carboxylic acid groups (broad SMARTS) is 1. The van der Waals surface area contributed by atoms with Crippen LogP contribution in [-0.4, -0.2) is 24.2 Å². The lowest BCUT2D eigenvalue weighted by Gasteiger charge is -2.03. The summed E-state index contributed by atoms with van der Waals surface area (Å²) >= 11 is 0. The number of allylic oxidation sites excluding steroid dienone is 4. The Labute approximate surface area is 256 Å². The van der Waals surface area contributed by atoms with E-state index in [0.29, 0.717) is 12.8 Å². The first-order valence-electron chi connectivity index (χ1n) is 17.7. The van der Waals surface area contributed by atoms with Crippen molar-refractivity contribution in [3.05, 3.63) is 24.3 Å². The highest BCUT2D eigenvalue weighted by molar-refractivity contribution is 5.69. The van der Waals surface area contributed by atoms with E-state index in [1.807, 2.05) is 0 Å². The van der Waals surface area contributed by atoms with Gasteiger partial charge in [-0.1, -0.05) is 160 Å². The molecule has 0 radical (unpaired) electrons. The average molecular weight is 579 g/mol. The zero-order valence-corrected chi connectivity index (χ0v) is 27.8. The van der Waals surface area contributed by atoms with Gasteiger partial charge in [-0.15, -0.1) is 0 Å². The number of unbranched alkanes of at least 4 members (excludes halogenated alkanes) is 22. The molecular weight excluding hydrogens is 508 g/mol. The van der Waals surface area contributed by atoms with Crippen molar-refractivity contribution in [2.24, 2.45) is 0 Å². The Morgan fingerprint density at radius 2 is 0.829 bits per heavy atom. The van der Waals surface area contributed by atoms with Gasteiger partial charge in [0.1, 0.15) is 0 Å². The number of ether oxygens (including phenoxy) is 1. The van der Waals surface area contributed by atoms with Gasteiger partial charge in [-0.05, 0) is 44.9 Å². The van der Waals surface area contributed by atoms with E-state index in [0.717, 1.165) is 32.1 Å². The van der Waals surface area contributed by atoms with Crippen molar-refractivity contribution in [3.63, 3.8) is 0 Å². The summed E-state index contributed by atoms with van der Waals surface area (Å²) in [6.07, 6.45) is 43.2. The molecule has 0 saturated heterocycles. The molecule has 0 amide bonds. The summed E-state index contributed by atoms with van der Waals surface area (Å²) < 4.78 is 4.63. The number of hydrogen-bond donors (Lipinski definition) is 1. The Morgan fingerprint density at radius 1 is 0.488 bits per heavy atom. The van der Waals surface area contributed by atoms with Crippen LogP contribution in [0.25, 0.3) is 0 Å². The molecule has 1 N–H and O–H groups in total. The molecule has 4 heteroatoms. The molecular formula is C37H70O4. The molecule has 242 valence electrons. The maximum absolute atomic E-state index is 10.9. The van der Waals surface area contributed by atoms with Crippen molar-refractivity contribution in [2.45, 2.75) is 194 Å². The Hall–Kier alpha value is -1.58. The van der Waals surface area contributed by atoms with E-state index >= 15 is 0 Å². The summed E-state index contributed by atoms with van der Waals surface area (Å²) in [4.78, 5) is 21.2. The van der Waals surface area contributed by atoms with Crippen LogP contribution in [0.2, 0.25) is 0 Å².